The summed E-state index contributed by atoms with van der Waals surface area (Å²) in [5.41, 5.74) is 6.86. The molecule has 0 aliphatic heterocycles. The van der Waals surface area contributed by atoms with E-state index in [0.29, 0.717) is 35.6 Å². The number of hydrogen-bond donors (Lipinski definition) is 2. The number of aromatic nitrogens is 4. The minimum Gasteiger partial charge on any atom is -0.382 e. The van der Waals surface area contributed by atoms with Crippen molar-refractivity contribution < 1.29 is 40.7 Å². The van der Waals surface area contributed by atoms with Gasteiger partial charge in [-0.1, -0.05) is 51.4 Å². The van der Waals surface area contributed by atoms with Gasteiger partial charge in [0.05, 0.1) is 30.5 Å². The van der Waals surface area contributed by atoms with Gasteiger partial charge < -0.3 is 24.5 Å². The highest BCUT2D eigenvalue weighted by atomic mass is 32.3. The second-order valence-electron chi connectivity index (χ2n) is 12.2. The fourth-order valence-corrected chi connectivity index (χ4v) is 9.33. The van der Waals surface area contributed by atoms with E-state index in [4.69, 9.17) is 15.0 Å². The molecule has 0 radical (unpaired) electrons. The van der Waals surface area contributed by atoms with Gasteiger partial charge in [-0.15, -0.1) is 0 Å². The standard InChI is InChI=1S/C31H47F5N5O4PS2/c1-22(18-41-20-40-28-30(37)38-19-39-31(28)41)44-21-46(42,43)45-14-16-47-15-12-10-8-6-4-5-7-9-11-13-17-48(2,3)29-26(35)24(33)23(32)25(34)27(29)36/h19-20,22H,4-18,21H2,1-3H3,(H,42,43)(H2,37,38,39)/t22-/m1/s1. The number of benzene rings is 1. The molecule has 0 aliphatic rings. The number of ether oxygens (including phenoxy) is 1. The molecule has 0 saturated heterocycles. The van der Waals surface area contributed by atoms with Crippen LogP contribution in [0.25, 0.3) is 11.2 Å². The molecule has 0 fully saturated rings. The van der Waals surface area contributed by atoms with Crippen molar-refractivity contribution in [3.8, 4) is 0 Å². The summed E-state index contributed by atoms with van der Waals surface area (Å²) in [4.78, 5) is 21.7. The number of nitrogens with two attached hydrogens (primary N) is 1. The van der Waals surface area contributed by atoms with E-state index in [2.05, 4.69) is 15.0 Å². The van der Waals surface area contributed by atoms with Crippen molar-refractivity contribution in [1.82, 2.24) is 19.5 Å². The lowest BCUT2D eigenvalue weighted by atomic mass is 10.1. The Morgan fingerprint density at radius 1 is 0.875 bits per heavy atom. The number of fused-ring (bicyclic) bond motifs is 1. The molecule has 0 saturated carbocycles. The molecule has 9 nitrogen and oxygen atoms in total. The molecule has 272 valence electrons. The third kappa shape index (κ3) is 12.1. The molecular formula is C31H47F5N5O4PS2. The number of hydrogen-bond acceptors (Lipinski definition) is 8. The van der Waals surface area contributed by atoms with E-state index in [-0.39, 0.29) is 18.5 Å². The van der Waals surface area contributed by atoms with E-state index in [0.717, 1.165) is 63.5 Å². The lowest BCUT2D eigenvalue weighted by molar-refractivity contribution is 0.0724. The second kappa shape index (κ2) is 19.4. The van der Waals surface area contributed by atoms with E-state index in [1.165, 1.54) is 6.33 Å². The zero-order chi connectivity index (χ0) is 35.3. The number of rotatable bonds is 23. The smallest absolute Gasteiger partial charge is 0.353 e. The quantitative estimate of drug-likeness (QED) is 0.0324. The third-order valence-corrected chi connectivity index (χ3v) is 12.7. The summed E-state index contributed by atoms with van der Waals surface area (Å²) in [7, 11) is -6.05. The van der Waals surface area contributed by atoms with Crippen LogP contribution >= 0.6 is 29.4 Å². The summed E-state index contributed by atoms with van der Waals surface area (Å²) in [5.74, 6) is -7.04. The van der Waals surface area contributed by atoms with E-state index >= 15 is 0 Å². The maximum Gasteiger partial charge on any atom is 0.353 e. The van der Waals surface area contributed by atoms with Crippen molar-refractivity contribution in [3.63, 3.8) is 0 Å². The van der Waals surface area contributed by atoms with Crippen LogP contribution in [0.4, 0.5) is 27.8 Å². The van der Waals surface area contributed by atoms with Crippen LogP contribution in [0.5, 0.6) is 0 Å². The Balaban J connectivity index is 1.14. The van der Waals surface area contributed by atoms with E-state index in [1.807, 2.05) is 0 Å². The third-order valence-electron chi connectivity index (χ3n) is 7.84. The normalized spacial score (nSPS) is 14.4. The first-order valence-corrected chi connectivity index (χ1v) is 21.6. The van der Waals surface area contributed by atoms with Crippen LogP contribution < -0.4 is 5.73 Å². The van der Waals surface area contributed by atoms with Crippen LogP contribution in [0.3, 0.4) is 0 Å². The number of halogens is 5. The second-order valence-corrected chi connectivity index (χ2v) is 19.1. The molecule has 0 spiro atoms. The van der Waals surface area contributed by atoms with E-state index < -0.39 is 58.0 Å². The highest BCUT2D eigenvalue weighted by molar-refractivity contribution is 8.32. The molecule has 2 atom stereocenters. The maximum absolute atomic E-state index is 14.2. The Labute approximate surface area is 284 Å². The summed E-state index contributed by atoms with van der Waals surface area (Å²) in [6.45, 7) is 2.31. The Morgan fingerprint density at radius 2 is 1.44 bits per heavy atom. The summed E-state index contributed by atoms with van der Waals surface area (Å²) >= 11 is 1.68. The van der Waals surface area contributed by atoms with Crippen LogP contribution in [0.1, 0.15) is 71.1 Å². The predicted molar refractivity (Wildman–Crippen MR) is 183 cm³/mol. The number of unbranched alkanes of at least 4 members (excludes halogenated alkanes) is 9. The number of thioether (sulfide) groups is 1. The number of nitrogen functional groups attached to an aromatic ring is 1. The van der Waals surface area contributed by atoms with Crippen molar-refractivity contribution in [1.29, 1.82) is 0 Å². The highest BCUT2D eigenvalue weighted by Crippen LogP contribution is 2.53. The molecule has 0 aliphatic carbocycles. The van der Waals surface area contributed by atoms with Crippen LogP contribution in [0.15, 0.2) is 17.6 Å². The van der Waals surface area contributed by atoms with Crippen LogP contribution in [0, 0.1) is 29.1 Å². The van der Waals surface area contributed by atoms with Gasteiger partial charge in [-0.3, -0.25) is 4.57 Å². The van der Waals surface area contributed by atoms with Gasteiger partial charge in [0.15, 0.2) is 34.7 Å². The summed E-state index contributed by atoms with van der Waals surface area (Å²) in [6, 6.07) is 0. The predicted octanol–water partition coefficient (Wildman–Crippen LogP) is 8.43. The Hall–Kier alpha value is -1.97. The highest BCUT2D eigenvalue weighted by Gasteiger charge is 2.32. The molecule has 17 heteroatoms. The average molecular weight is 744 g/mol. The Kier molecular flexibility index (Phi) is 16.4. The maximum atomic E-state index is 14.2. The topological polar surface area (TPSA) is 125 Å². The Morgan fingerprint density at radius 3 is 2.06 bits per heavy atom. The molecular weight excluding hydrogens is 696 g/mol. The molecule has 3 rings (SSSR count). The van der Waals surface area contributed by atoms with Gasteiger partial charge >= 0.3 is 7.60 Å². The van der Waals surface area contributed by atoms with E-state index in [9.17, 15) is 31.4 Å². The summed E-state index contributed by atoms with van der Waals surface area (Å²) < 4.78 is 93.9. The van der Waals surface area contributed by atoms with Crippen molar-refractivity contribution in [3.05, 3.63) is 41.7 Å². The molecule has 1 aromatic carbocycles. The largest absolute Gasteiger partial charge is 0.382 e. The van der Waals surface area contributed by atoms with Crippen molar-refractivity contribution >= 4 is 46.4 Å². The minimum atomic E-state index is -3.88. The monoisotopic (exact) mass is 743 g/mol. The van der Waals surface area contributed by atoms with Gasteiger partial charge in [-0.05, 0) is 43.8 Å². The minimum absolute atomic E-state index is 0.161. The molecule has 0 bridgehead atoms. The fourth-order valence-electron chi connectivity index (χ4n) is 5.21. The zero-order valence-corrected chi connectivity index (χ0v) is 30.3. The van der Waals surface area contributed by atoms with Crippen LogP contribution in [-0.4, -0.2) is 73.2 Å². The molecule has 2 aromatic heterocycles. The number of anilines is 1. The van der Waals surface area contributed by atoms with Gasteiger partial charge in [-0.2, -0.15) is 11.8 Å². The van der Waals surface area contributed by atoms with Crippen molar-refractivity contribution in [2.45, 2.75) is 88.7 Å². The van der Waals surface area contributed by atoms with Crippen molar-refractivity contribution in [2.24, 2.45) is 0 Å². The molecule has 3 aromatic rings. The lowest BCUT2D eigenvalue weighted by Gasteiger charge is -2.32. The van der Waals surface area contributed by atoms with Crippen molar-refractivity contribution in [2.75, 3.05) is 48.5 Å². The molecule has 3 N–H and O–H groups in total. The van der Waals surface area contributed by atoms with E-state index in [1.54, 1.807) is 42.1 Å². The summed E-state index contributed by atoms with van der Waals surface area (Å²) in [6.07, 6.45) is 15.5. The Bertz CT molecular complexity index is 1490. The molecule has 1 unspecified atom stereocenters. The molecule has 0 amide bonds. The SMILES string of the molecule is C[C@H](Cn1cnc2c(N)ncnc21)OCP(=O)(O)OCCSCCCCCCCCCCCCS(C)(C)c1c(F)c(F)c(F)c(F)c1F. The van der Waals surface area contributed by atoms with Crippen LogP contribution in [0.2, 0.25) is 0 Å². The van der Waals surface area contributed by atoms with Gasteiger partial charge in [-0.25, -0.2) is 46.9 Å². The van der Waals surface area contributed by atoms with Gasteiger partial charge in [0.25, 0.3) is 0 Å². The van der Waals surface area contributed by atoms with Gasteiger partial charge in [0, 0.05) is 5.75 Å². The van der Waals surface area contributed by atoms with Gasteiger partial charge in [0.2, 0.25) is 5.82 Å². The first-order chi connectivity index (χ1) is 22.7. The molecule has 2 heterocycles. The molecule has 48 heavy (non-hydrogen) atoms. The lowest BCUT2D eigenvalue weighted by Crippen LogP contribution is -2.17. The average Bonchev–Trinajstić information content (AvgIpc) is 3.45. The zero-order valence-electron chi connectivity index (χ0n) is 27.7. The number of imidazole rings is 1. The fraction of sp³-hybridized carbons (Fsp3) is 0.645. The van der Waals surface area contributed by atoms with Crippen LogP contribution in [-0.2, 0) is 20.4 Å². The summed E-state index contributed by atoms with van der Waals surface area (Å²) in [5, 5.41) is 0. The van der Waals surface area contributed by atoms with Gasteiger partial charge in [0.1, 0.15) is 18.2 Å². The first kappa shape index (κ1) is 40.5. The number of nitrogens with zero attached hydrogens (tertiary/aromatic N) is 4. The first-order valence-electron chi connectivity index (χ1n) is 16.0.